The molecule has 1 atom stereocenters. The molecule has 2 rings (SSSR count). The lowest BCUT2D eigenvalue weighted by molar-refractivity contribution is 0.0651. The number of amides is 2. The summed E-state index contributed by atoms with van der Waals surface area (Å²) in [6.07, 6.45) is 2.93. The van der Waals surface area contributed by atoms with Crippen LogP contribution >= 0.6 is 15.9 Å². The number of imide groups is 1. The molecule has 0 radical (unpaired) electrons. The molecule has 4 heteroatoms. The highest BCUT2D eigenvalue weighted by Crippen LogP contribution is 2.22. The summed E-state index contributed by atoms with van der Waals surface area (Å²) >= 11 is 3.49. The molecule has 2 amide bonds. The van der Waals surface area contributed by atoms with E-state index < -0.39 is 0 Å². The van der Waals surface area contributed by atoms with Gasteiger partial charge in [0.15, 0.2) is 0 Å². The summed E-state index contributed by atoms with van der Waals surface area (Å²) in [7, 11) is 0. The van der Waals surface area contributed by atoms with Crippen molar-refractivity contribution >= 4 is 27.7 Å². The molecule has 3 nitrogen and oxygen atoms in total. The molecule has 0 aromatic heterocycles. The molecule has 0 bridgehead atoms. The largest absolute Gasteiger partial charge is 0.274 e. The zero-order valence-electron chi connectivity index (χ0n) is 10.4. The molecule has 1 aliphatic rings. The van der Waals surface area contributed by atoms with Crippen LogP contribution in [0.15, 0.2) is 24.3 Å². The van der Waals surface area contributed by atoms with Gasteiger partial charge in [0.05, 0.1) is 11.1 Å². The first-order chi connectivity index (χ1) is 8.61. The van der Waals surface area contributed by atoms with E-state index in [1.165, 1.54) is 4.90 Å². The van der Waals surface area contributed by atoms with Gasteiger partial charge >= 0.3 is 0 Å². The lowest BCUT2D eigenvalue weighted by Gasteiger charge is -2.13. The molecule has 0 N–H and O–H groups in total. The number of hydrogen-bond donors (Lipinski definition) is 0. The molecule has 1 aliphatic heterocycles. The van der Waals surface area contributed by atoms with E-state index in [-0.39, 0.29) is 11.8 Å². The van der Waals surface area contributed by atoms with Gasteiger partial charge in [0, 0.05) is 11.4 Å². The minimum Gasteiger partial charge on any atom is -0.274 e. The monoisotopic (exact) mass is 309 g/mol. The van der Waals surface area contributed by atoms with Crippen LogP contribution in [0.5, 0.6) is 0 Å². The smallest absolute Gasteiger partial charge is 0.261 e. The van der Waals surface area contributed by atoms with E-state index in [9.17, 15) is 9.59 Å². The second-order valence-electron chi connectivity index (χ2n) is 4.58. The van der Waals surface area contributed by atoms with E-state index in [2.05, 4.69) is 22.9 Å². The molecule has 0 spiro atoms. The van der Waals surface area contributed by atoms with Gasteiger partial charge in [0.1, 0.15) is 0 Å². The third-order valence-corrected chi connectivity index (χ3v) is 3.57. The lowest BCUT2D eigenvalue weighted by atomic mass is 10.1. The Morgan fingerprint density at radius 2 is 1.67 bits per heavy atom. The molecular formula is C14H16BrNO2. The summed E-state index contributed by atoms with van der Waals surface area (Å²) < 4.78 is 0. The lowest BCUT2D eigenvalue weighted by Crippen LogP contribution is -2.30. The predicted molar refractivity (Wildman–Crippen MR) is 74.0 cm³/mol. The SMILES string of the molecule is C[C@@H](Br)CCCCN1C(=O)c2ccccc2C1=O. The maximum absolute atomic E-state index is 12.0. The number of benzene rings is 1. The number of carbonyl (C=O) groups excluding carboxylic acids is 2. The molecule has 0 aliphatic carbocycles. The third kappa shape index (κ3) is 2.64. The van der Waals surface area contributed by atoms with E-state index in [1.54, 1.807) is 24.3 Å². The summed E-state index contributed by atoms with van der Waals surface area (Å²) in [6, 6.07) is 7.02. The van der Waals surface area contributed by atoms with Crippen LogP contribution in [0.25, 0.3) is 0 Å². The molecule has 1 aromatic carbocycles. The van der Waals surface area contributed by atoms with E-state index in [0.717, 1.165) is 19.3 Å². The maximum Gasteiger partial charge on any atom is 0.261 e. The predicted octanol–water partition coefficient (Wildman–Crippen LogP) is 3.24. The van der Waals surface area contributed by atoms with Crippen molar-refractivity contribution in [3.05, 3.63) is 35.4 Å². The average Bonchev–Trinajstić information content (AvgIpc) is 2.59. The Kier molecular flexibility index (Phi) is 4.17. The second kappa shape index (κ2) is 5.65. The van der Waals surface area contributed by atoms with Gasteiger partial charge in [-0.25, -0.2) is 0 Å². The van der Waals surface area contributed by atoms with Gasteiger partial charge in [-0.15, -0.1) is 0 Å². The molecule has 96 valence electrons. The van der Waals surface area contributed by atoms with Gasteiger partial charge in [0.2, 0.25) is 0 Å². The number of unbranched alkanes of at least 4 members (excludes halogenated alkanes) is 1. The van der Waals surface area contributed by atoms with E-state index in [4.69, 9.17) is 0 Å². The number of rotatable bonds is 5. The highest BCUT2D eigenvalue weighted by Gasteiger charge is 2.34. The average molecular weight is 310 g/mol. The zero-order valence-corrected chi connectivity index (χ0v) is 11.9. The molecule has 1 heterocycles. The number of nitrogens with zero attached hydrogens (tertiary/aromatic N) is 1. The Morgan fingerprint density at radius 1 is 1.11 bits per heavy atom. The number of carbonyl (C=O) groups is 2. The number of alkyl halides is 1. The maximum atomic E-state index is 12.0. The Bertz CT molecular complexity index is 436. The standard InChI is InChI=1S/C14H16BrNO2/c1-10(15)6-4-5-9-16-13(17)11-7-2-3-8-12(11)14(16)18/h2-3,7-8,10H,4-6,9H2,1H3/t10-/m1/s1. The van der Waals surface area contributed by atoms with Gasteiger partial charge in [0.25, 0.3) is 11.8 Å². The highest BCUT2D eigenvalue weighted by atomic mass is 79.9. The van der Waals surface area contributed by atoms with Crippen molar-refractivity contribution in [1.82, 2.24) is 4.90 Å². The van der Waals surface area contributed by atoms with Gasteiger partial charge in [-0.3, -0.25) is 14.5 Å². The Morgan fingerprint density at radius 3 is 2.17 bits per heavy atom. The Balaban J connectivity index is 1.97. The highest BCUT2D eigenvalue weighted by molar-refractivity contribution is 9.09. The van der Waals surface area contributed by atoms with Crippen molar-refractivity contribution in [3.8, 4) is 0 Å². The summed E-state index contributed by atoms with van der Waals surface area (Å²) in [5, 5.41) is 0. The van der Waals surface area contributed by atoms with Crippen molar-refractivity contribution in [3.63, 3.8) is 0 Å². The minimum atomic E-state index is -0.150. The van der Waals surface area contributed by atoms with Gasteiger partial charge < -0.3 is 0 Å². The van der Waals surface area contributed by atoms with Crippen LogP contribution in [-0.2, 0) is 0 Å². The molecule has 18 heavy (non-hydrogen) atoms. The summed E-state index contributed by atoms with van der Waals surface area (Å²) in [5.74, 6) is -0.301. The first-order valence-corrected chi connectivity index (χ1v) is 7.12. The van der Waals surface area contributed by atoms with E-state index in [0.29, 0.717) is 22.5 Å². The summed E-state index contributed by atoms with van der Waals surface area (Å²) in [4.78, 5) is 25.9. The van der Waals surface area contributed by atoms with Gasteiger partial charge in [-0.2, -0.15) is 0 Å². The quantitative estimate of drug-likeness (QED) is 0.476. The van der Waals surface area contributed by atoms with Crippen molar-refractivity contribution in [2.45, 2.75) is 31.0 Å². The zero-order chi connectivity index (χ0) is 13.1. The van der Waals surface area contributed by atoms with Crippen LogP contribution in [0, 0.1) is 0 Å². The van der Waals surface area contributed by atoms with Crippen LogP contribution in [0.1, 0.15) is 46.9 Å². The van der Waals surface area contributed by atoms with Crippen molar-refractivity contribution in [1.29, 1.82) is 0 Å². The van der Waals surface area contributed by atoms with Gasteiger partial charge in [-0.1, -0.05) is 41.4 Å². The number of hydrogen-bond acceptors (Lipinski definition) is 2. The second-order valence-corrected chi connectivity index (χ2v) is 6.15. The molecule has 0 saturated heterocycles. The van der Waals surface area contributed by atoms with E-state index in [1.807, 2.05) is 0 Å². The van der Waals surface area contributed by atoms with Crippen molar-refractivity contribution in [2.24, 2.45) is 0 Å². The normalized spacial score (nSPS) is 16.0. The fourth-order valence-electron chi connectivity index (χ4n) is 2.14. The van der Waals surface area contributed by atoms with Crippen LogP contribution in [0.2, 0.25) is 0 Å². The molecule has 0 fully saturated rings. The van der Waals surface area contributed by atoms with Crippen LogP contribution in [0.4, 0.5) is 0 Å². The first-order valence-electron chi connectivity index (χ1n) is 6.20. The van der Waals surface area contributed by atoms with Gasteiger partial charge in [-0.05, 0) is 25.0 Å². The summed E-state index contributed by atoms with van der Waals surface area (Å²) in [5.41, 5.74) is 1.08. The third-order valence-electron chi connectivity index (χ3n) is 3.11. The topological polar surface area (TPSA) is 37.4 Å². The van der Waals surface area contributed by atoms with Crippen LogP contribution in [-0.4, -0.2) is 28.1 Å². The number of fused-ring (bicyclic) bond motifs is 1. The Hall–Kier alpha value is -1.16. The molecule has 0 saturated carbocycles. The Labute approximate surface area is 115 Å². The van der Waals surface area contributed by atoms with Crippen molar-refractivity contribution < 1.29 is 9.59 Å². The molecule has 0 unspecified atom stereocenters. The molecule has 1 aromatic rings. The van der Waals surface area contributed by atoms with E-state index >= 15 is 0 Å². The number of halogens is 1. The fourth-order valence-corrected chi connectivity index (χ4v) is 2.46. The summed E-state index contributed by atoms with van der Waals surface area (Å²) in [6.45, 7) is 2.62. The van der Waals surface area contributed by atoms with Crippen LogP contribution in [0.3, 0.4) is 0 Å². The first kappa shape index (κ1) is 13.3. The fraction of sp³-hybridized carbons (Fsp3) is 0.429. The minimum absolute atomic E-state index is 0.150. The van der Waals surface area contributed by atoms with Crippen molar-refractivity contribution in [2.75, 3.05) is 6.54 Å². The van der Waals surface area contributed by atoms with Crippen LogP contribution < -0.4 is 0 Å². The molecular weight excluding hydrogens is 294 g/mol.